The normalized spacial score (nSPS) is 13.6. The average molecular weight is 238 g/mol. The maximum absolute atomic E-state index is 4.36. The van der Waals surface area contributed by atoms with E-state index < -0.39 is 0 Å². The van der Waals surface area contributed by atoms with Crippen LogP contribution in [0.15, 0.2) is 12.4 Å². The van der Waals surface area contributed by atoms with Crippen LogP contribution >= 0.6 is 0 Å². The maximum atomic E-state index is 4.36. The summed E-state index contributed by atoms with van der Waals surface area (Å²) in [5.41, 5.74) is 0. The second-order valence-electron chi connectivity index (χ2n) is 5.04. The van der Waals surface area contributed by atoms with Gasteiger partial charge in [0.05, 0.1) is 6.54 Å². The van der Waals surface area contributed by atoms with Gasteiger partial charge in [-0.3, -0.25) is 0 Å². The summed E-state index contributed by atoms with van der Waals surface area (Å²) in [5.74, 6) is 1.78. The Hall–Kier alpha value is -0.870. The number of aromatic nitrogens is 2. The summed E-state index contributed by atoms with van der Waals surface area (Å²) >= 11 is 0. The summed E-state index contributed by atoms with van der Waals surface area (Å²) in [6.45, 7) is 9.50. The van der Waals surface area contributed by atoms with Crippen LogP contribution in [-0.4, -0.2) is 41.1 Å². The fourth-order valence-electron chi connectivity index (χ4n) is 2.14. The van der Waals surface area contributed by atoms with Gasteiger partial charge in [-0.1, -0.05) is 13.8 Å². The van der Waals surface area contributed by atoms with Crippen LogP contribution in [0.2, 0.25) is 0 Å². The van der Waals surface area contributed by atoms with E-state index in [2.05, 4.69) is 54.6 Å². The lowest BCUT2D eigenvalue weighted by molar-refractivity contribution is 0.223. The molecule has 0 saturated carbocycles. The molecule has 1 aromatic rings. The topological polar surface area (TPSA) is 33.1 Å². The summed E-state index contributed by atoms with van der Waals surface area (Å²) in [6.07, 6.45) is 3.90. The highest BCUT2D eigenvalue weighted by Crippen LogP contribution is 2.06. The van der Waals surface area contributed by atoms with Crippen molar-refractivity contribution in [1.82, 2.24) is 19.8 Å². The Balaban J connectivity index is 2.41. The minimum absolute atomic E-state index is 0.569. The highest BCUT2D eigenvalue weighted by Gasteiger charge is 2.15. The van der Waals surface area contributed by atoms with Crippen LogP contribution in [0.4, 0.5) is 0 Å². The SMILES string of the molecule is CCn1ccnc1CNCC(C(C)C)N(C)C. The average Bonchev–Trinajstić information content (AvgIpc) is 2.70. The molecule has 1 heterocycles. The molecule has 4 heteroatoms. The lowest BCUT2D eigenvalue weighted by Crippen LogP contribution is -2.41. The van der Waals surface area contributed by atoms with Crippen LogP contribution < -0.4 is 5.32 Å². The van der Waals surface area contributed by atoms with E-state index in [0.29, 0.717) is 12.0 Å². The van der Waals surface area contributed by atoms with Crippen molar-refractivity contribution in [2.45, 2.75) is 39.9 Å². The number of rotatable bonds is 7. The van der Waals surface area contributed by atoms with Crippen molar-refractivity contribution in [1.29, 1.82) is 0 Å². The molecule has 1 atom stereocenters. The first-order valence-corrected chi connectivity index (χ1v) is 6.43. The van der Waals surface area contributed by atoms with Gasteiger partial charge in [-0.2, -0.15) is 0 Å². The molecule has 0 spiro atoms. The molecule has 0 aliphatic heterocycles. The molecule has 0 fully saturated rings. The molecule has 4 nitrogen and oxygen atoms in total. The fraction of sp³-hybridized carbons (Fsp3) is 0.769. The lowest BCUT2D eigenvalue weighted by atomic mass is 10.0. The zero-order chi connectivity index (χ0) is 12.8. The number of nitrogens with one attached hydrogen (secondary N) is 1. The van der Waals surface area contributed by atoms with Gasteiger partial charge in [0, 0.05) is 31.5 Å². The van der Waals surface area contributed by atoms with Crippen molar-refractivity contribution in [3.05, 3.63) is 18.2 Å². The number of imidazole rings is 1. The highest BCUT2D eigenvalue weighted by molar-refractivity contribution is 4.91. The molecule has 0 bridgehead atoms. The molecule has 1 aromatic heterocycles. The molecule has 98 valence electrons. The third-order valence-corrected chi connectivity index (χ3v) is 3.21. The summed E-state index contributed by atoms with van der Waals surface area (Å²) in [5, 5.41) is 3.50. The molecule has 0 aliphatic rings. The molecule has 1 N–H and O–H groups in total. The van der Waals surface area contributed by atoms with Crippen molar-refractivity contribution in [2.75, 3.05) is 20.6 Å². The Kier molecular flexibility index (Phi) is 5.65. The quantitative estimate of drug-likeness (QED) is 0.783. The zero-order valence-electron chi connectivity index (χ0n) is 11.8. The van der Waals surface area contributed by atoms with Gasteiger partial charge in [0.15, 0.2) is 0 Å². The minimum Gasteiger partial charge on any atom is -0.334 e. The summed E-state index contributed by atoms with van der Waals surface area (Å²) in [4.78, 5) is 6.64. The lowest BCUT2D eigenvalue weighted by Gasteiger charge is -2.28. The Morgan fingerprint density at radius 1 is 1.41 bits per heavy atom. The van der Waals surface area contributed by atoms with Gasteiger partial charge in [-0.15, -0.1) is 0 Å². The van der Waals surface area contributed by atoms with E-state index >= 15 is 0 Å². The van der Waals surface area contributed by atoms with E-state index in [0.717, 1.165) is 25.5 Å². The largest absolute Gasteiger partial charge is 0.334 e. The molecule has 0 aromatic carbocycles. The third-order valence-electron chi connectivity index (χ3n) is 3.21. The van der Waals surface area contributed by atoms with Gasteiger partial charge >= 0.3 is 0 Å². The van der Waals surface area contributed by atoms with Crippen LogP contribution in [-0.2, 0) is 13.1 Å². The number of aryl methyl sites for hydroxylation is 1. The Morgan fingerprint density at radius 2 is 2.12 bits per heavy atom. The minimum atomic E-state index is 0.569. The van der Waals surface area contributed by atoms with Crippen molar-refractivity contribution in [2.24, 2.45) is 5.92 Å². The van der Waals surface area contributed by atoms with Crippen LogP contribution in [0.1, 0.15) is 26.6 Å². The number of hydrogen-bond acceptors (Lipinski definition) is 3. The standard InChI is InChI=1S/C13H26N4/c1-6-17-8-7-15-13(17)10-14-9-12(11(2)3)16(4)5/h7-8,11-12,14H,6,9-10H2,1-5H3. The Morgan fingerprint density at radius 3 is 2.65 bits per heavy atom. The van der Waals surface area contributed by atoms with E-state index in [-0.39, 0.29) is 0 Å². The van der Waals surface area contributed by atoms with Crippen molar-refractivity contribution >= 4 is 0 Å². The number of likely N-dealkylation sites (N-methyl/N-ethyl adjacent to an activating group) is 1. The van der Waals surface area contributed by atoms with Crippen LogP contribution in [0.5, 0.6) is 0 Å². The van der Waals surface area contributed by atoms with Gasteiger partial charge in [0.2, 0.25) is 0 Å². The summed E-state index contributed by atoms with van der Waals surface area (Å²) < 4.78 is 2.17. The predicted molar refractivity (Wildman–Crippen MR) is 71.9 cm³/mol. The molecule has 0 amide bonds. The maximum Gasteiger partial charge on any atom is 0.122 e. The van der Waals surface area contributed by atoms with Gasteiger partial charge in [-0.25, -0.2) is 4.98 Å². The van der Waals surface area contributed by atoms with Gasteiger partial charge in [0.1, 0.15) is 5.82 Å². The van der Waals surface area contributed by atoms with Crippen LogP contribution in [0.25, 0.3) is 0 Å². The van der Waals surface area contributed by atoms with Crippen LogP contribution in [0.3, 0.4) is 0 Å². The van der Waals surface area contributed by atoms with E-state index in [1.165, 1.54) is 0 Å². The van der Waals surface area contributed by atoms with Crippen molar-refractivity contribution in [3.63, 3.8) is 0 Å². The fourth-order valence-corrected chi connectivity index (χ4v) is 2.14. The van der Waals surface area contributed by atoms with Gasteiger partial charge in [0.25, 0.3) is 0 Å². The Bertz CT molecular complexity index is 309. The third kappa shape index (κ3) is 4.13. The number of hydrogen-bond donors (Lipinski definition) is 1. The molecule has 0 radical (unpaired) electrons. The van der Waals surface area contributed by atoms with Gasteiger partial charge < -0.3 is 14.8 Å². The first kappa shape index (κ1) is 14.2. The van der Waals surface area contributed by atoms with E-state index in [1.807, 2.05) is 12.4 Å². The molecule has 17 heavy (non-hydrogen) atoms. The van der Waals surface area contributed by atoms with E-state index in [9.17, 15) is 0 Å². The van der Waals surface area contributed by atoms with Crippen LogP contribution in [0, 0.1) is 5.92 Å². The van der Waals surface area contributed by atoms with Gasteiger partial charge in [-0.05, 0) is 26.9 Å². The second kappa shape index (κ2) is 6.77. The van der Waals surface area contributed by atoms with Crippen molar-refractivity contribution < 1.29 is 0 Å². The van der Waals surface area contributed by atoms with E-state index in [4.69, 9.17) is 0 Å². The number of nitrogens with zero attached hydrogens (tertiary/aromatic N) is 3. The molecular weight excluding hydrogens is 212 g/mol. The predicted octanol–water partition coefficient (Wildman–Crippen LogP) is 1.58. The second-order valence-corrected chi connectivity index (χ2v) is 5.04. The first-order chi connectivity index (χ1) is 8.06. The highest BCUT2D eigenvalue weighted by atomic mass is 15.1. The molecule has 1 unspecified atom stereocenters. The molecule has 0 aliphatic carbocycles. The Labute approximate surface area is 105 Å². The molecular formula is C13H26N4. The first-order valence-electron chi connectivity index (χ1n) is 6.43. The zero-order valence-corrected chi connectivity index (χ0v) is 11.8. The monoisotopic (exact) mass is 238 g/mol. The van der Waals surface area contributed by atoms with Crippen molar-refractivity contribution in [3.8, 4) is 0 Å². The summed E-state index contributed by atoms with van der Waals surface area (Å²) in [7, 11) is 4.28. The smallest absolute Gasteiger partial charge is 0.122 e. The van der Waals surface area contributed by atoms with E-state index in [1.54, 1.807) is 0 Å². The molecule has 0 saturated heterocycles. The molecule has 1 rings (SSSR count). The summed E-state index contributed by atoms with van der Waals surface area (Å²) in [6, 6.07) is 0.569.